The van der Waals surface area contributed by atoms with Crippen LogP contribution < -0.4 is 10.2 Å². The molecule has 1 heterocycles. The fourth-order valence-electron chi connectivity index (χ4n) is 2.04. The minimum Gasteiger partial charge on any atom is -0.354 e. The smallest absolute Gasteiger partial charge is 0.129 e. The van der Waals surface area contributed by atoms with Gasteiger partial charge in [-0.15, -0.1) is 0 Å². The summed E-state index contributed by atoms with van der Waals surface area (Å²) in [7, 11) is 1.98. The number of aromatic nitrogens is 1. The van der Waals surface area contributed by atoms with Crippen molar-refractivity contribution in [1.82, 2.24) is 10.3 Å². The Morgan fingerprint density at radius 2 is 2.17 bits per heavy atom. The van der Waals surface area contributed by atoms with Crippen LogP contribution in [0.1, 0.15) is 45.6 Å². The summed E-state index contributed by atoms with van der Waals surface area (Å²) in [6, 6.07) is 4.83. The van der Waals surface area contributed by atoms with E-state index in [0.29, 0.717) is 6.04 Å². The van der Waals surface area contributed by atoms with Gasteiger partial charge in [0.25, 0.3) is 0 Å². The molecule has 0 aliphatic heterocycles. The Morgan fingerprint density at radius 3 is 2.78 bits per heavy atom. The maximum atomic E-state index is 4.54. The maximum Gasteiger partial charge on any atom is 0.129 e. The molecule has 1 unspecified atom stereocenters. The monoisotopic (exact) mass is 249 g/mol. The highest BCUT2D eigenvalue weighted by atomic mass is 15.2. The topological polar surface area (TPSA) is 28.2 Å². The number of nitrogens with one attached hydrogen (secondary N) is 1. The first kappa shape index (κ1) is 15.0. The Kier molecular flexibility index (Phi) is 6.73. The summed E-state index contributed by atoms with van der Waals surface area (Å²) in [5.41, 5.74) is 1.30. The lowest BCUT2D eigenvalue weighted by Crippen LogP contribution is -2.34. The van der Waals surface area contributed by atoms with Crippen LogP contribution in [0.3, 0.4) is 0 Å². The van der Waals surface area contributed by atoms with Crippen LogP contribution in [0.5, 0.6) is 0 Å². The molecular weight excluding hydrogens is 222 g/mol. The molecule has 1 aromatic rings. The first-order chi connectivity index (χ1) is 8.72. The van der Waals surface area contributed by atoms with Gasteiger partial charge in [0, 0.05) is 25.3 Å². The summed E-state index contributed by atoms with van der Waals surface area (Å²) >= 11 is 0. The third kappa shape index (κ3) is 4.30. The van der Waals surface area contributed by atoms with Gasteiger partial charge in [-0.3, -0.25) is 0 Å². The average molecular weight is 249 g/mol. The predicted molar refractivity (Wildman–Crippen MR) is 79.0 cm³/mol. The number of hydrogen-bond donors (Lipinski definition) is 1. The Morgan fingerprint density at radius 1 is 1.39 bits per heavy atom. The lowest BCUT2D eigenvalue weighted by molar-refractivity contribution is 0.589. The van der Waals surface area contributed by atoms with Gasteiger partial charge in [-0.1, -0.05) is 20.3 Å². The molecule has 0 saturated heterocycles. The lowest BCUT2D eigenvalue weighted by Gasteiger charge is -2.30. The van der Waals surface area contributed by atoms with Crippen molar-refractivity contribution in [2.24, 2.45) is 0 Å². The second-order valence-electron chi connectivity index (χ2n) is 4.86. The van der Waals surface area contributed by atoms with Crippen LogP contribution in [0, 0.1) is 0 Å². The quantitative estimate of drug-likeness (QED) is 0.767. The lowest BCUT2D eigenvalue weighted by atomic mass is 10.1. The molecule has 102 valence electrons. The van der Waals surface area contributed by atoms with E-state index < -0.39 is 0 Å². The molecule has 1 aromatic heterocycles. The van der Waals surface area contributed by atoms with E-state index in [-0.39, 0.29) is 0 Å². The van der Waals surface area contributed by atoms with Gasteiger partial charge < -0.3 is 10.2 Å². The molecule has 0 bridgehead atoms. The van der Waals surface area contributed by atoms with Crippen molar-refractivity contribution in [2.45, 2.75) is 52.6 Å². The molecule has 0 aliphatic rings. The van der Waals surface area contributed by atoms with Gasteiger partial charge in [-0.05, 0) is 44.5 Å². The van der Waals surface area contributed by atoms with Crippen molar-refractivity contribution in [1.29, 1.82) is 0 Å². The van der Waals surface area contributed by atoms with Gasteiger partial charge in [0.1, 0.15) is 5.82 Å². The molecule has 0 aromatic carbocycles. The molecule has 0 radical (unpaired) electrons. The van der Waals surface area contributed by atoms with Gasteiger partial charge in [-0.25, -0.2) is 4.98 Å². The van der Waals surface area contributed by atoms with Gasteiger partial charge in [0.05, 0.1) is 0 Å². The molecule has 0 saturated carbocycles. The number of unbranched alkanes of at least 4 members (excludes halogenated alkanes) is 1. The largest absolute Gasteiger partial charge is 0.354 e. The number of nitrogens with zero attached hydrogens (tertiary/aromatic N) is 2. The molecule has 18 heavy (non-hydrogen) atoms. The average Bonchev–Trinajstić information content (AvgIpc) is 2.39. The highest BCUT2D eigenvalue weighted by Gasteiger charge is 2.13. The van der Waals surface area contributed by atoms with E-state index in [1.807, 2.05) is 13.2 Å². The van der Waals surface area contributed by atoms with Crippen LogP contribution in [0.15, 0.2) is 18.3 Å². The van der Waals surface area contributed by atoms with E-state index in [9.17, 15) is 0 Å². The first-order valence-corrected chi connectivity index (χ1v) is 7.09. The SMILES string of the molecule is CCCCN(c1cc(CNC)ccn1)C(C)CC. The minimum absolute atomic E-state index is 0.550. The van der Waals surface area contributed by atoms with E-state index in [2.05, 4.69) is 48.1 Å². The zero-order chi connectivity index (χ0) is 13.4. The van der Waals surface area contributed by atoms with Gasteiger partial charge in [-0.2, -0.15) is 0 Å². The van der Waals surface area contributed by atoms with Crippen LogP contribution >= 0.6 is 0 Å². The predicted octanol–water partition coefficient (Wildman–Crippen LogP) is 3.21. The third-order valence-corrected chi connectivity index (χ3v) is 3.36. The van der Waals surface area contributed by atoms with Crippen LogP contribution in [0.2, 0.25) is 0 Å². The highest BCUT2D eigenvalue weighted by molar-refractivity contribution is 5.42. The number of hydrogen-bond acceptors (Lipinski definition) is 3. The van der Waals surface area contributed by atoms with Crippen LogP contribution in [-0.2, 0) is 6.54 Å². The third-order valence-electron chi connectivity index (χ3n) is 3.36. The van der Waals surface area contributed by atoms with Crippen molar-refractivity contribution >= 4 is 5.82 Å². The van der Waals surface area contributed by atoms with Crippen molar-refractivity contribution in [3.8, 4) is 0 Å². The molecule has 0 spiro atoms. The fraction of sp³-hybridized carbons (Fsp3) is 0.667. The first-order valence-electron chi connectivity index (χ1n) is 7.09. The molecule has 3 heteroatoms. The Bertz CT molecular complexity index is 338. The number of rotatable bonds is 8. The molecule has 0 fully saturated rings. The van der Waals surface area contributed by atoms with E-state index in [0.717, 1.165) is 25.3 Å². The number of pyridine rings is 1. The summed E-state index contributed by atoms with van der Waals surface area (Å²) in [6.45, 7) is 8.75. The second kappa shape index (κ2) is 8.09. The molecule has 1 rings (SSSR count). The summed E-state index contributed by atoms with van der Waals surface area (Å²) in [5, 5.41) is 3.19. The van der Waals surface area contributed by atoms with Crippen molar-refractivity contribution in [3.63, 3.8) is 0 Å². The summed E-state index contributed by atoms with van der Waals surface area (Å²) < 4.78 is 0. The van der Waals surface area contributed by atoms with Crippen molar-refractivity contribution in [3.05, 3.63) is 23.9 Å². The van der Waals surface area contributed by atoms with Gasteiger partial charge in [0.2, 0.25) is 0 Å². The minimum atomic E-state index is 0.550. The van der Waals surface area contributed by atoms with E-state index in [4.69, 9.17) is 0 Å². The van der Waals surface area contributed by atoms with E-state index in [1.54, 1.807) is 0 Å². The van der Waals surface area contributed by atoms with Crippen molar-refractivity contribution < 1.29 is 0 Å². The standard InChI is InChI=1S/C15H27N3/c1-5-7-10-18(13(3)6-2)15-11-14(12-16-4)8-9-17-15/h8-9,11,13,16H,5-7,10,12H2,1-4H3. The Hall–Kier alpha value is -1.09. The normalized spacial score (nSPS) is 12.4. The van der Waals surface area contributed by atoms with Crippen LogP contribution in [0.4, 0.5) is 5.82 Å². The molecule has 0 amide bonds. The van der Waals surface area contributed by atoms with Gasteiger partial charge in [0.15, 0.2) is 0 Å². The molecule has 1 atom stereocenters. The fourth-order valence-corrected chi connectivity index (χ4v) is 2.04. The van der Waals surface area contributed by atoms with Crippen LogP contribution in [-0.4, -0.2) is 24.6 Å². The summed E-state index contributed by atoms with van der Waals surface area (Å²) in [4.78, 5) is 6.98. The second-order valence-corrected chi connectivity index (χ2v) is 4.86. The van der Waals surface area contributed by atoms with Crippen LogP contribution in [0.25, 0.3) is 0 Å². The Labute approximate surface area is 112 Å². The zero-order valence-electron chi connectivity index (χ0n) is 12.2. The molecule has 1 N–H and O–H groups in total. The summed E-state index contributed by atoms with van der Waals surface area (Å²) in [5.74, 6) is 1.12. The van der Waals surface area contributed by atoms with E-state index in [1.165, 1.54) is 18.4 Å². The van der Waals surface area contributed by atoms with Crippen molar-refractivity contribution in [2.75, 3.05) is 18.5 Å². The Balaban J connectivity index is 2.85. The number of anilines is 1. The highest BCUT2D eigenvalue weighted by Crippen LogP contribution is 2.18. The molecule has 0 aliphatic carbocycles. The molecular formula is C15H27N3. The maximum absolute atomic E-state index is 4.54. The van der Waals surface area contributed by atoms with E-state index >= 15 is 0 Å². The van der Waals surface area contributed by atoms with Gasteiger partial charge >= 0.3 is 0 Å². The molecule has 3 nitrogen and oxygen atoms in total. The zero-order valence-corrected chi connectivity index (χ0v) is 12.2. The summed E-state index contributed by atoms with van der Waals surface area (Å²) in [6.07, 6.45) is 5.52.